The van der Waals surface area contributed by atoms with Gasteiger partial charge in [-0.15, -0.1) is 0 Å². The van der Waals surface area contributed by atoms with Crippen LogP contribution in [0.1, 0.15) is 22.3 Å². The molecule has 0 saturated heterocycles. The number of rotatable bonds is 6. The van der Waals surface area contributed by atoms with E-state index in [1.54, 1.807) is 0 Å². The zero-order chi connectivity index (χ0) is 37.1. The lowest BCUT2D eigenvalue weighted by molar-refractivity contribution is 0.793. The van der Waals surface area contributed by atoms with E-state index in [-0.39, 0.29) is 0 Å². The molecule has 1 spiro atoms. The summed E-state index contributed by atoms with van der Waals surface area (Å²) in [7, 11) is 0. The Morgan fingerprint density at radius 2 is 0.661 bits per heavy atom. The summed E-state index contributed by atoms with van der Waals surface area (Å²) in [5.41, 5.74) is 20.7. The van der Waals surface area contributed by atoms with Crippen LogP contribution in [0.4, 0.5) is 17.1 Å². The average Bonchev–Trinajstić information content (AvgIpc) is 3.75. The number of benzene rings is 9. The van der Waals surface area contributed by atoms with Gasteiger partial charge in [0, 0.05) is 16.9 Å². The minimum atomic E-state index is -0.433. The van der Waals surface area contributed by atoms with Crippen molar-refractivity contribution in [3.8, 4) is 55.6 Å². The van der Waals surface area contributed by atoms with Gasteiger partial charge in [0.05, 0.1) is 11.1 Å². The van der Waals surface area contributed by atoms with Crippen molar-refractivity contribution in [1.29, 1.82) is 0 Å². The molecule has 0 N–H and O–H groups in total. The maximum Gasteiger partial charge on any atom is 0.0726 e. The highest BCUT2D eigenvalue weighted by Gasteiger charge is 2.51. The van der Waals surface area contributed by atoms with Gasteiger partial charge in [-0.2, -0.15) is 0 Å². The molecule has 0 radical (unpaired) electrons. The molecule has 9 aromatic carbocycles. The Morgan fingerprint density at radius 3 is 1.25 bits per heavy atom. The number of para-hydroxylation sites is 1. The lowest BCUT2D eigenvalue weighted by Gasteiger charge is -2.33. The van der Waals surface area contributed by atoms with Gasteiger partial charge in [-0.3, -0.25) is 0 Å². The van der Waals surface area contributed by atoms with Crippen molar-refractivity contribution in [1.82, 2.24) is 0 Å². The van der Waals surface area contributed by atoms with Crippen LogP contribution in [0.25, 0.3) is 55.6 Å². The second-order valence-corrected chi connectivity index (χ2v) is 14.8. The SMILES string of the molecule is c1ccc(-c2ccc(N(c3ccc4c(c3)C3(c5ccccc5-c5ccccc53)c3ccccc3-4)c3ccccc3-c3ccccc3-c3ccccc3)cc2)cc1. The van der Waals surface area contributed by atoms with Crippen molar-refractivity contribution < 1.29 is 0 Å². The first-order valence-corrected chi connectivity index (χ1v) is 19.4. The second-order valence-electron chi connectivity index (χ2n) is 14.8. The predicted octanol–water partition coefficient (Wildman–Crippen LogP) is 14.5. The Bertz CT molecular complexity index is 2840. The van der Waals surface area contributed by atoms with E-state index in [1.807, 2.05) is 0 Å². The van der Waals surface area contributed by atoms with E-state index in [2.05, 4.69) is 229 Å². The monoisotopic (exact) mass is 711 g/mol. The van der Waals surface area contributed by atoms with Gasteiger partial charge in [-0.1, -0.05) is 194 Å². The van der Waals surface area contributed by atoms with Crippen LogP contribution in [0.15, 0.2) is 224 Å². The van der Waals surface area contributed by atoms with Crippen molar-refractivity contribution in [3.63, 3.8) is 0 Å². The van der Waals surface area contributed by atoms with E-state index < -0.39 is 5.41 Å². The number of anilines is 3. The highest BCUT2D eigenvalue weighted by molar-refractivity contribution is 5.98. The minimum absolute atomic E-state index is 0.433. The normalized spacial score (nSPS) is 12.8. The topological polar surface area (TPSA) is 3.24 Å². The third-order valence-electron chi connectivity index (χ3n) is 11.9. The molecule has 1 heteroatoms. The third kappa shape index (κ3) is 4.81. The summed E-state index contributed by atoms with van der Waals surface area (Å²) in [6, 6.07) is 82.4. The quantitative estimate of drug-likeness (QED) is 0.166. The van der Waals surface area contributed by atoms with E-state index >= 15 is 0 Å². The van der Waals surface area contributed by atoms with Crippen LogP contribution >= 0.6 is 0 Å². The van der Waals surface area contributed by atoms with E-state index in [4.69, 9.17) is 0 Å². The molecule has 0 heterocycles. The number of hydrogen-bond donors (Lipinski definition) is 0. The van der Waals surface area contributed by atoms with Crippen molar-refractivity contribution >= 4 is 17.1 Å². The molecule has 0 unspecified atom stereocenters. The summed E-state index contributed by atoms with van der Waals surface area (Å²) in [5, 5.41) is 0. The molecule has 0 amide bonds. The van der Waals surface area contributed by atoms with Crippen LogP contribution < -0.4 is 4.90 Å². The standard InChI is InChI=1S/C55H37N/c1-3-17-38(18-4-1)39-31-33-41(34-32-39)56(54-30-16-12-26-49(54)44-22-8-7-21-43(44)40-19-5-2-6-20-40)42-35-36-48-47-25-11-15-29-52(47)55(53(48)37-42)50-27-13-9-23-45(50)46-24-10-14-28-51(46)55/h1-37H. The molecule has 56 heavy (non-hydrogen) atoms. The summed E-state index contributed by atoms with van der Waals surface area (Å²) in [6.45, 7) is 0. The Balaban J connectivity index is 1.17. The lowest BCUT2D eigenvalue weighted by atomic mass is 9.70. The molecule has 2 aliphatic rings. The molecule has 0 aliphatic heterocycles. The molecule has 0 atom stereocenters. The Kier molecular flexibility index (Phi) is 7.47. The second kappa shape index (κ2) is 13.0. The highest BCUT2D eigenvalue weighted by Crippen LogP contribution is 2.63. The molecule has 0 bridgehead atoms. The zero-order valence-corrected chi connectivity index (χ0v) is 30.8. The molecule has 9 aromatic rings. The van der Waals surface area contributed by atoms with Gasteiger partial charge < -0.3 is 4.90 Å². The average molecular weight is 712 g/mol. The van der Waals surface area contributed by atoms with Crippen LogP contribution in [0, 0.1) is 0 Å². The molecule has 262 valence electrons. The summed E-state index contributed by atoms with van der Waals surface area (Å²) >= 11 is 0. The van der Waals surface area contributed by atoms with Crippen LogP contribution in [0.5, 0.6) is 0 Å². The smallest absolute Gasteiger partial charge is 0.0726 e. The first kappa shape index (κ1) is 32.2. The molecule has 0 aromatic heterocycles. The fourth-order valence-corrected chi connectivity index (χ4v) is 9.57. The van der Waals surface area contributed by atoms with E-state index in [0.29, 0.717) is 0 Å². The van der Waals surface area contributed by atoms with E-state index in [9.17, 15) is 0 Å². The summed E-state index contributed by atoms with van der Waals surface area (Å²) in [6.07, 6.45) is 0. The Hall–Kier alpha value is -7.22. The number of fused-ring (bicyclic) bond motifs is 10. The number of nitrogens with zero attached hydrogens (tertiary/aromatic N) is 1. The van der Waals surface area contributed by atoms with Crippen molar-refractivity contribution in [2.45, 2.75) is 5.41 Å². The largest absolute Gasteiger partial charge is 0.310 e. The van der Waals surface area contributed by atoms with Crippen molar-refractivity contribution in [2.75, 3.05) is 4.90 Å². The van der Waals surface area contributed by atoms with Crippen LogP contribution in [0.2, 0.25) is 0 Å². The van der Waals surface area contributed by atoms with Crippen LogP contribution in [-0.2, 0) is 5.41 Å². The molecular formula is C55H37N. The van der Waals surface area contributed by atoms with Gasteiger partial charge in [-0.25, -0.2) is 0 Å². The first-order valence-electron chi connectivity index (χ1n) is 19.4. The molecule has 0 fully saturated rings. The summed E-state index contributed by atoms with van der Waals surface area (Å²) in [5.74, 6) is 0. The summed E-state index contributed by atoms with van der Waals surface area (Å²) in [4.78, 5) is 2.47. The molecular weight excluding hydrogens is 675 g/mol. The minimum Gasteiger partial charge on any atom is -0.310 e. The van der Waals surface area contributed by atoms with Gasteiger partial charge in [0.2, 0.25) is 0 Å². The molecule has 2 aliphatic carbocycles. The maximum atomic E-state index is 2.49. The first-order chi connectivity index (χ1) is 27.8. The van der Waals surface area contributed by atoms with E-state index in [1.165, 1.54) is 77.9 Å². The van der Waals surface area contributed by atoms with Gasteiger partial charge in [0.25, 0.3) is 0 Å². The predicted molar refractivity (Wildman–Crippen MR) is 234 cm³/mol. The molecule has 0 saturated carbocycles. The fourth-order valence-electron chi connectivity index (χ4n) is 9.57. The lowest BCUT2D eigenvalue weighted by Crippen LogP contribution is -2.26. The molecule has 11 rings (SSSR count). The Morgan fingerprint density at radius 1 is 0.250 bits per heavy atom. The van der Waals surface area contributed by atoms with Gasteiger partial charge in [0.15, 0.2) is 0 Å². The van der Waals surface area contributed by atoms with Crippen LogP contribution in [-0.4, -0.2) is 0 Å². The van der Waals surface area contributed by atoms with Crippen molar-refractivity contribution in [2.24, 2.45) is 0 Å². The van der Waals surface area contributed by atoms with Gasteiger partial charge in [0.1, 0.15) is 0 Å². The zero-order valence-electron chi connectivity index (χ0n) is 30.8. The van der Waals surface area contributed by atoms with Crippen LogP contribution in [0.3, 0.4) is 0 Å². The number of hydrogen-bond acceptors (Lipinski definition) is 1. The molecule has 1 nitrogen and oxygen atoms in total. The van der Waals surface area contributed by atoms with E-state index in [0.717, 1.165) is 17.1 Å². The third-order valence-corrected chi connectivity index (χ3v) is 11.9. The Labute approximate surface area is 328 Å². The maximum absolute atomic E-state index is 2.49. The van der Waals surface area contributed by atoms with Gasteiger partial charge in [-0.05, 0) is 103 Å². The highest BCUT2D eigenvalue weighted by atomic mass is 15.1. The van der Waals surface area contributed by atoms with Crippen molar-refractivity contribution in [3.05, 3.63) is 247 Å². The fraction of sp³-hybridized carbons (Fsp3) is 0.0182. The summed E-state index contributed by atoms with van der Waals surface area (Å²) < 4.78 is 0. The van der Waals surface area contributed by atoms with Gasteiger partial charge >= 0.3 is 0 Å².